The zero-order valence-corrected chi connectivity index (χ0v) is 17.8. The first-order valence-corrected chi connectivity index (χ1v) is 10.2. The van der Waals surface area contributed by atoms with Gasteiger partial charge in [0.2, 0.25) is 0 Å². The van der Waals surface area contributed by atoms with Crippen LogP contribution >= 0.6 is 0 Å². The Bertz CT molecular complexity index is 884. The molecule has 0 aliphatic rings. The number of ether oxygens (including phenoxy) is 3. The highest BCUT2D eigenvalue weighted by Gasteiger charge is 2.18. The number of halogens is 1. The summed E-state index contributed by atoms with van der Waals surface area (Å²) in [6, 6.07) is 22.0. The second-order valence-electron chi connectivity index (χ2n) is 7.23. The molecule has 0 radical (unpaired) electrons. The van der Waals surface area contributed by atoms with Gasteiger partial charge < -0.3 is 24.6 Å². The Balaban J connectivity index is 1.62. The number of benzene rings is 3. The second kappa shape index (κ2) is 11.5. The molecule has 3 aromatic rings. The van der Waals surface area contributed by atoms with Gasteiger partial charge in [-0.25, -0.2) is 4.39 Å². The molecule has 164 valence electrons. The maximum absolute atomic E-state index is 13.7. The van der Waals surface area contributed by atoms with Crippen molar-refractivity contribution in [2.75, 3.05) is 27.4 Å². The van der Waals surface area contributed by atoms with Crippen molar-refractivity contribution >= 4 is 0 Å². The number of methoxy groups -OCH3 is 2. The molecule has 0 aromatic heterocycles. The van der Waals surface area contributed by atoms with Crippen LogP contribution in [-0.2, 0) is 11.3 Å². The number of aliphatic hydroxyl groups excluding tert-OH is 1. The molecule has 0 bridgehead atoms. The highest BCUT2D eigenvalue weighted by atomic mass is 19.1. The number of hydrogen-bond acceptors (Lipinski definition) is 4. The number of aliphatic hydroxyl groups is 1. The van der Waals surface area contributed by atoms with Crippen LogP contribution in [0.4, 0.5) is 4.39 Å². The van der Waals surface area contributed by atoms with E-state index < -0.39 is 6.10 Å². The zero-order valence-electron chi connectivity index (χ0n) is 17.8. The minimum absolute atomic E-state index is 0.149. The van der Waals surface area contributed by atoms with E-state index in [1.165, 1.54) is 6.07 Å². The smallest absolute Gasteiger partial charge is 0.132 e. The normalized spacial score (nSPS) is 12.0. The third kappa shape index (κ3) is 6.52. The van der Waals surface area contributed by atoms with Crippen LogP contribution in [0.3, 0.4) is 0 Å². The van der Waals surface area contributed by atoms with Gasteiger partial charge in [-0.3, -0.25) is 0 Å². The van der Waals surface area contributed by atoms with E-state index in [1.807, 2.05) is 53.8 Å². The fourth-order valence-corrected chi connectivity index (χ4v) is 3.31. The predicted octanol–water partition coefficient (Wildman–Crippen LogP) is 3.07. The van der Waals surface area contributed by atoms with Gasteiger partial charge in [0.1, 0.15) is 42.6 Å². The average Bonchev–Trinajstić information content (AvgIpc) is 2.81. The van der Waals surface area contributed by atoms with E-state index in [2.05, 4.69) is 0 Å². The lowest BCUT2D eigenvalue weighted by atomic mass is 10.0. The summed E-state index contributed by atoms with van der Waals surface area (Å²) < 4.78 is 30.3. The quantitative estimate of drug-likeness (QED) is 0.495. The predicted molar refractivity (Wildman–Crippen MR) is 117 cm³/mol. The van der Waals surface area contributed by atoms with Crippen LogP contribution in [0, 0.1) is 5.82 Å². The lowest BCUT2D eigenvalue weighted by Gasteiger charge is -2.21. The van der Waals surface area contributed by atoms with Gasteiger partial charge in [0.05, 0.1) is 20.8 Å². The molecule has 3 aromatic carbocycles. The average molecular weight is 427 g/mol. The summed E-state index contributed by atoms with van der Waals surface area (Å²) >= 11 is 0. The van der Waals surface area contributed by atoms with Crippen LogP contribution < -0.4 is 14.8 Å². The Morgan fingerprint density at radius 2 is 1.39 bits per heavy atom. The van der Waals surface area contributed by atoms with Crippen LogP contribution in [0.1, 0.15) is 22.8 Å². The van der Waals surface area contributed by atoms with Crippen LogP contribution in [0.5, 0.6) is 11.5 Å². The lowest BCUT2D eigenvalue weighted by molar-refractivity contribution is -0.677. The lowest BCUT2D eigenvalue weighted by Crippen LogP contribution is -2.85. The third-order valence-electron chi connectivity index (χ3n) is 5.05. The van der Waals surface area contributed by atoms with Gasteiger partial charge in [0.15, 0.2) is 0 Å². The molecule has 0 saturated heterocycles. The highest BCUT2D eigenvalue weighted by Crippen LogP contribution is 2.29. The fourth-order valence-electron chi connectivity index (χ4n) is 3.31. The number of rotatable bonds is 11. The standard InChI is InChI=1S/C25H28FNO4/c1-29-22-11-7-18(8-12-22)25(19-9-13-23(30-2)14-10-19)31-17-21(28)16-27-15-20-5-3-4-6-24(20)26/h3-14,21,25,27-28H,15-17H2,1-2H3/p+1/t21-/m0/s1. The van der Waals surface area contributed by atoms with Crippen molar-refractivity contribution in [2.24, 2.45) is 0 Å². The molecule has 31 heavy (non-hydrogen) atoms. The van der Waals surface area contributed by atoms with Crippen molar-refractivity contribution in [3.05, 3.63) is 95.3 Å². The fraction of sp³-hybridized carbons (Fsp3) is 0.280. The van der Waals surface area contributed by atoms with E-state index in [4.69, 9.17) is 14.2 Å². The van der Waals surface area contributed by atoms with Gasteiger partial charge in [-0.15, -0.1) is 0 Å². The Hall–Kier alpha value is -2.93. The molecule has 5 nitrogen and oxygen atoms in total. The van der Waals surface area contributed by atoms with Crippen LogP contribution in [0.15, 0.2) is 72.8 Å². The highest BCUT2D eigenvalue weighted by molar-refractivity contribution is 5.36. The van der Waals surface area contributed by atoms with Gasteiger partial charge in [-0.1, -0.05) is 42.5 Å². The van der Waals surface area contributed by atoms with Crippen molar-refractivity contribution in [1.82, 2.24) is 0 Å². The molecule has 0 spiro atoms. The van der Waals surface area contributed by atoms with Crippen LogP contribution in [0.25, 0.3) is 0 Å². The van der Waals surface area contributed by atoms with E-state index in [0.717, 1.165) is 22.6 Å². The van der Waals surface area contributed by atoms with Crippen LogP contribution in [0.2, 0.25) is 0 Å². The molecule has 0 unspecified atom stereocenters. The number of nitrogens with two attached hydrogens (primary N) is 1. The Morgan fingerprint density at radius 1 is 0.839 bits per heavy atom. The van der Waals surface area contributed by atoms with E-state index in [0.29, 0.717) is 18.7 Å². The molecule has 0 fully saturated rings. The maximum Gasteiger partial charge on any atom is 0.132 e. The molecule has 6 heteroatoms. The maximum atomic E-state index is 13.7. The van der Waals surface area contributed by atoms with E-state index >= 15 is 0 Å². The molecule has 3 N–H and O–H groups in total. The summed E-state index contributed by atoms with van der Waals surface area (Å²) in [5, 5.41) is 12.3. The van der Waals surface area contributed by atoms with Gasteiger partial charge in [-0.05, 0) is 41.5 Å². The topological polar surface area (TPSA) is 64.5 Å². The zero-order chi connectivity index (χ0) is 22.1. The van der Waals surface area contributed by atoms with Gasteiger partial charge in [-0.2, -0.15) is 0 Å². The number of hydrogen-bond donors (Lipinski definition) is 2. The summed E-state index contributed by atoms with van der Waals surface area (Å²) in [6.45, 7) is 1.02. The molecule has 0 heterocycles. The first-order valence-electron chi connectivity index (χ1n) is 10.2. The molecule has 0 aliphatic heterocycles. The van der Waals surface area contributed by atoms with Crippen molar-refractivity contribution in [3.8, 4) is 11.5 Å². The second-order valence-corrected chi connectivity index (χ2v) is 7.23. The largest absolute Gasteiger partial charge is 0.497 e. The van der Waals surface area contributed by atoms with Crippen LogP contribution in [-0.4, -0.2) is 38.6 Å². The molecule has 1 atom stereocenters. The minimum atomic E-state index is -0.689. The van der Waals surface area contributed by atoms with E-state index in [-0.39, 0.29) is 18.5 Å². The summed E-state index contributed by atoms with van der Waals surface area (Å²) in [5.74, 6) is 1.29. The molecule has 0 aliphatic carbocycles. The minimum Gasteiger partial charge on any atom is -0.497 e. The molecular formula is C25H29FNO4+. The van der Waals surface area contributed by atoms with Crippen molar-refractivity contribution < 1.29 is 29.0 Å². The third-order valence-corrected chi connectivity index (χ3v) is 5.05. The van der Waals surface area contributed by atoms with Gasteiger partial charge in [0, 0.05) is 5.56 Å². The molecular weight excluding hydrogens is 397 g/mol. The number of quaternary nitrogens is 1. The first kappa shape index (κ1) is 22.7. The molecule has 3 rings (SSSR count). The first-order chi connectivity index (χ1) is 15.1. The molecule has 0 saturated carbocycles. The Labute approximate surface area is 182 Å². The van der Waals surface area contributed by atoms with E-state index in [1.54, 1.807) is 32.4 Å². The monoisotopic (exact) mass is 426 g/mol. The van der Waals surface area contributed by atoms with Gasteiger partial charge >= 0.3 is 0 Å². The summed E-state index contributed by atoms with van der Waals surface area (Å²) in [7, 11) is 3.25. The molecule has 0 amide bonds. The van der Waals surface area contributed by atoms with Gasteiger partial charge in [0.25, 0.3) is 0 Å². The summed E-state index contributed by atoms with van der Waals surface area (Å²) in [6.07, 6.45) is -1.04. The van der Waals surface area contributed by atoms with Crippen molar-refractivity contribution in [1.29, 1.82) is 0 Å². The van der Waals surface area contributed by atoms with Crippen molar-refractivity contribution in [3.63, 3.8) is 0 Å². The Morgan fingerprint density at radius 3 is 1.90 bits per heavy atom. The summed E-state index contributed by atoms with van der Waals surface area (Å²) in [5.41, 5.74) is 2.52. The Kier molecular flexibility index (Phi) is 8.41. The van der Waals surface area contributed by atoms with Crippen molar-refractivity contribution in [2.45, 2.75) is 18.8 Å². The SMILES string of the molecule is COc1ccc(C(OC[C@@H](O)C[NH2+]Cc2ccccc2F)c2ccc(OC)cc2)cc1. The van der Waals surface area contributed by atoms with E-state index in [9.17, 15) is 9.50 Å². The summed E-state index contributed by atoms with van der Waals surface area (Å²) in [4.78, 5) is 0.